The molecule has 0 unspecified atom stereocenters. The Hall–Kier alpha value is -1.34. The van der Waals surface area contributed by atoms with Crippen molar-refractivity contribution in [2.45, 2.75) is 38.5 Å². The Labute approximate surface area is 138 Å². The average Bonchev–Trinajstić information content (AvgIpc) is 2.44. The zero-order valence-electron chi connectivity index (χ0n) is 12.5. The molecule has 1 heterocycles. The van der Waals surface area contributed by atoms with Gasteiger partial charge >= 0.3 is 6.18 Å². The summed E-state index contributed by atoms with van der Waals surface area (Å²) in [7, 11) is 0. The van der Waals surface area contributed by atoms with Crippen LogP contribution < -0.4 is 10.6 Å². The average molecular weight is 355 g/mol. The molecular weight excluding hydrogens is 336 g/mol. The minimum absolute atomic E-state index is 0. The molecule has 1 aliphatic rings. The molecule has 1 aromatic carbocycles. The second kappa shape index (κ2) is 7.97. The van der Waals surface area contributed by atoms with Crippen LogP contribution in [0.4, 0.5) is 17.6 Å². The molecule has 2 N–H and O–H groups in total. The lowest BCUT2D eigenvalue weighted by molar-refractivity contribution is -0.138. The second-order valence-electron chi connectivity index (χ2n) is 5.59. The van der Waals surface area contributed by atoms with Crippen molar-refractivity contribution in [1.29, 1.82) is 0 Å². The Kier molecular flexibility index (Phi) is 6.83. The van der Waals surface area contributed by atoms with E-state index >= 15 is 0 Å². The summed E-state index contributed by atoms with van der Waals surface area (Å²) in [5.74, 6) is -1.41. The van der Waals surface area contributed by atoms with Gasteiger partial charge in [0.2, 0.25) is 5.91 Å². The SMILES string of the molecule is C[C@H]1C[C@@H](C(=O)NCc2ccc(F)cc2C(F)(F)F)CCN1.Cl. The summed E-state index contributed by atoms with van der Waals surface area (Å²) in [6, 6.07) is 2.68. The molecule has 1 saturated heterocycles. The number of piperidine rings is 1. The monoisotopic (exact) mass is 354 g/mol. The molecule has 0 bridgehead atoms. The van der Waals surface area contributed by atoms with E-state index in [1.165, 1.54) is 0 Å². The minimum Gasteiger partial charge on any atom is -0.352 e. The Morgan fingerprint density at radius 3 is 2.70 bits per heavy atom. The van der Waals surface area contributed by atoms with Crippen LogP contribution in [0.5, 0.6) is 0 Å². The summed E-state index contributed by atoms with van der Waals surface area (Å²) in [5, 5.41) is 5.74. The molecule has 1 aromatic rings. The van der Waals surface area contributed by atoms with Gasteiger partial charge in [-0.05, 0) is 44.0 Å². The Morgan fingerprint density at radius 2 is 2.09 bits per heavy atom. The molecule has 1 amide bonds. The highest BCUT2D eigenvalue weighted by molar-refractivity contribution is 5.85. The molecule has 130 valence electrons. The van der Waals surface area contributed by atoms with Crippen LogP contribution in [0.2, 0.25) is 0 Å². The number of carbonyl (C=O) groups excluding carboxylic acids is 1. The third-order valence-corrected chi connectivity index (χ3v) is 3.82. The maximum absolute atomic E-state index is 13.0. The van der Waals surface area contributed by atoms with Crippen LogP contribution in [0.1, 0.15) is 30.9 Å². The van der Waals surface area contributed by atoms with Crippen LogP contribution >= 0.6 is 12.4 Å². The van der Waals surface area contributed by atoms with Crippen molar-refractivity contribution >= 4 is 18.3 Å². The van der Waals surface area contributed by atoms with Crippen LogP contribution in [-0.2, 0) is 17.5 Å². The maximum Gasteiger partial charge on any atom is 0.416 e. The maximum atomic E-state index is 13.0. The molecule has 0 saturated carbocycles. The number of hydrogen-bond acceptors (Lipinski definition) is 2. The Bertz CT molecular complexity index is 551. The van der Waals surface area contributed by atoms with Gasteiger partial charge in [-0.1, -0.05) is 6.07 Å². The van der Waals surface area contributed by atoms with Crippen LogP contribution in [-0.4, -0.2) is 18.5 Å². The van der Waals surface area contributed by atoms with Gasteiger partial charge in [-0.25, -0.2) is 4.39 Å². The second-order valence-corrected chi connectivity index (χ2v) is 5.59. The molecule has 1 fully saturated rings. The lowest BCUT2D eigenvalue weighted by atomic mass is 9.92. The number of nitrogens with one attached hydrogen (secondary N) is 2. The summed E-state index contributed by atoms with van der Waals surface area (Å²) in [5.41, 5.74) is -1.18. The Balaban J connectivity index is 0.00000264. The van der Waals surface area contributed by atoms with Crippen LogP contribution in [0, 0.1) is 11.7 Å². The highest BCUT2D eigenvalue weighted by Gasteiger charge is 2.34. The van der Waals surface area contributed by atoms with E-state index in [4.69, 9.17) is 0 Å². The molecule has 8 heteroatoms. The van der Waals surface area contributed by atoms with E-state index in [1.54, 1.807) is 0 Å². The van der Waals surface area contributed by atoms with Crippen molar-refractivity contribution in [2.75, 3.05) is 6.54 Å². The predicted molar refractivity (Wildman–Crippen MR) is 80.7 cm³/mol. The van der Waals surface area contributed by atoms with Crippen molar-refractivity contribution < 1.29 is 22.4 Å². The summed E-state index contributed by atoms with van der Waals surface area (Å²) >= 11 is 0. The first-order valence-corrected chi connectivity index (χ1v) is 7.14. The van der Waals surface area contributed by atoms with E-state index in [1.807, 2.05) is 6.92 Å². The van der Waals surface area contributed by atoms with Gasteiger partial charge in [0.25, 0.3) is 0 Å². The lowest BCUT2D eigenvalue weighted by Gasteiger charge is -2.27. The van der Waals surface area contributed by atoms with E-state index in [0.717, 1.165) is 12.1 Å². The number of halogens is 5. The number of hydrogen-bond donors (Lipinski definition) is 2. The topological polar surface area (TPSA) is 41.1 Å². The van der Waals surface area contributed by atoms with Crippen molar-refractivity contribution in [3.05, 3.63) is 35.1 Å². The fraction of sp³-hybridized carbons (Fsp3) is 0.533. The molecule has 23 heavy (non-hydrogen) atoms. The first-order valence-electron chi connectivity index (χ1n) is 7.14. The van der Waals surface area contributed by atoms with E-state index < -0.39 is 17.6 Å². The predicted octanol–water partition coefficient (Wildman–Crippen LogP) is 3.27. The molecule has 0 aromatic heterocycles. The molecule has 0 radical (unpaired) electrons. The highest BCUT2D eigenvalue weighted by atomic mass is 35.5. The van der Waals surface area contributed by atoms with E-state index in [9.17, 15) is 22.4 Å². The van der Waals surface area contributed by atoms with Gasteiger partial charge in [-0.15, -0.1) is 12.4 Å². The number of amides is 1. The van der Waals surface area contributed by atoms with Gasteiger partial charge in [0.15, 0.2) is 0 Å². The molecule has 2 atom stereocenters. The zero-order valence-corrected chi connectivity index (χ0v) is 13.4. The number of alkyl halides is 3. The summed E-state index contributed by atoms with van der Waals surface area (Å²) in [6.45, 7) is 2.41. The van der Waals surface area contributed by atoms with Gasteiger partial charge in [-0.3, -0.25) is 4.79 Å². The number of benzene rings is 1. The van der Waals surface area contributed by atoms with Crippen molar-refractivity contribution in [3.63, 3.8) is 0 Å². The molecule has 3 nitrogen and oxygen atoms in total. The van der Waals surface area contributed by atoms with Crippen LogP contribution in [0.25, 0.3) is 0 Å². The van der Waals surface area contributed by atoms with E-state index in [2.05, 4.69) is 10.6 Å². The normalized spacial score (nSPS) is 21.4. The Morgan fingerprint density at radius 1 is 1.39 bits per heavy atom. The number of carbonyl (C=O) groups is 1. The fourth-order valence-electron chi connectivity index (χ4n) is 2.66. The third-order valence-electron chi connectivity index (χ3n) is 3.82. The highest BCUT2D eigenvalue weighted by Crippen LogP contribution is 2.32. The van der Waals surface area contributed by atoms with Gasteiger partial charge in [-0.2, -0.15) is 13.2 Å². The van der Waals surface area contributed by atoms with Crippen molar-refractivity contribution in [1.82, 2.24) is 10.6 Å². The number of rotatable bonds is 3. The summed E-state index contributed by atoms with van der Waals surface area (Å²) in [6.07, 6.45) is -3.33. The van der Waals surface area contributed by atoms with E-state index in [-0.39, 0.29) is 42.4 Å². The van der Waals surface area contributed by atoms with E-state index in [0.29, 0.717) is 25.5 Å². The third kappa shape index (κ3) is 5.35. The lowest BCUT2D eigenvalue weighted by Crippen LogP contribution is -2.42. The summed E-state index contributed by atoms with van der Waals surface area (Å²) in [4.78, 5) is 12.1. The van der Waals surface area contributed by atoms with Crippen LogP contribution in [0.15, 0.2) is 18.2 Å². The van der Waals surface area contributed by atoms with Crippen molar-refractivity contribution in [2.24, 2.45) is 5.92 Å². The van der Waals surface area contributed by atoms with Gasteiger partial charge < -0.3 is 10.6 Å². The molecule has 0 aliphatic carbocycles. The van der Waals surface area contributed by atoms with Gasteiger partial charge in [0.05, 0.1) is 5.56 Å². The smallest absolute Gasteiger partial charge is 0.352 e. The molecule has 2 rings (SSSR count). The fourth-order valence-corrected chi connectivity index (χ4v) is 2.66. The van der Waals surface area contributed by atoms with Crippen LogP contribution in [0.3, 0.4) is 0 Å². The minimum atomic E-state index is -4.65. The standard InChI is InChI=1S/C15H18F4N2O.ClH/c1-9-6-10(4-5-20-9)14(22)21-8-11-2-3-12(16)7-13(11)15(17,18)19;/h2-3,7,9-10,20H,4-6,8H2,1H3,(H,21,22);1H/t9-,10-;/m0./s1. The molecular formula is C15H19ClF4N2O. The molecule has 0 spiro atoms. The summed E-state index contributed by atoms with van der Waals surface area (Å²) < 4.78 is 51.6. The van der Waals surface area contributed by atoms with Crippen molar-refractivity contribution in [3.8, 4) is 0 Å². The largest absolute Gasteiger partial charge is 0.416 e. The first kappa shape index (κ1) is 19.7. The first-order chi connectivity index (χ1) is 10.3. The van der Waals surface area contributed by atoms with Gasteiger partial charge in [0.1, 0.15) is 5.82 Å². The molecule has 1 aliphatic heterocycles. The zero-order chi connectivity index (χ0) is 16.3. The quantitative estimate of drug-likeness (QED) is 0.818. The van der Waals surface area contributed by atoms with Gasteiger partial charge in [0, 0.05) is 18.5 Å².